The average Bonchev–Trinajstić information content (AvgIpc) is 2.75. The molecule has 2 aliphatic heterocycles. The quantitative estimate of drug-likeness (QED) is 0.362. The normalized spacial score (nSPS) is 39.8. The number of nitrogens with one attached hydrogen (secondary N) is 1. The molecule has 182 valence electrons. The van der Waals surface area contributed by atoms with Crippen LogP contribution in [0.5, 0.6) is 0 Å². The number of carbonyl (C=O) groups excluding carboxylic acids is 3. The Morgan fingerprint density at radius 1 is 1.15 bits per heavy atom. The van der Waals surface area contributed by atoms with Crippen molar-refractivity contribution in [2.45, 2.75) is 77.9 Å². The summed E-state index contributed by atoms with van der Waals surface area (Å²) in [6.07, 6.45) is 6.38. The second kappa shape index (κ2) is 11.0. The maximum absolute atomic E-state index is 13.5. The first-order chi connectivity index (χ1) is 15.4. The molecule has 0 aromatic heterocycles. The minimum Gasteiger partial charge on any atom is -0.461 e. The van der Waals surface area contributed by atoms with Gasteiger partial charge in [0.1, 0.15) is 17.6 Å². The molecule has 2 bridgehead atoms. The highest BCUT2D eigenvalue weighted by Gasteiger charge is 2.56. The number of carbonyl (C=O) groups is 3. The minimum atomic E-state index is -1.74. The zero-order valence-electron chi connectivity index (χ0n) is 19.8. The van der Waals surface area contributed by atoms with Gasteiger partial charge < -0.3 is 25.4 Å². The summed E-state index contributed by atoms with van der Waals surface area (Å²) in [5, 5.41) is 32.9. The lowest BCUT2D eigenvalue weighted by molar-refractivity contribution is -0.181. The molecule has 7 atom stereocenters. The second-order valence-electron chi connectivity index (χ2n) is 9.14. The summed E-state index contributed by atoms with van der Waals surface area (Å²) >= 11 is 0. The third kappa shape index (κ3) is 6.50. The van der Waals surface area contributed by atoms with E-state index in [1.54, 1.807) is 44.2 Å². The molecule has 0 unspecified atom stereocenters. The minimum absolute atomic E-state index is 0.0439. The maximum atomic E-state index is 13.5. The molecule has 2 heterocycles. The van der Waals surface area contributed by atoms with Crippen LogP contribution in [0.1, 0.15) is 47.5 Å². The summed E-state index contributed by atoms with van der Waals surface area (Å²) < 4.78 is 5.61. The van der Waals surface area contributed by atoms with E-state index in [9.17, 15) is 29.7 Å². The molecule has 1 fully saturated rings. The average molecular weight is 462 g/mol. The molecule has 33 heavy (non-hydrogen) atoms. The van der Waals surface area contributed by atoms with E-state index in [4.69, 9.17) is 4.74 Å². The van der Waals surface area contributed by atoms with Crippen molar-refractivity contribution in [1.29, 1.82) is 0 Å². The van der Waals surface area contributed by atoms with Crippen molar-refractivity contribution in [2.75, 3.05) is 0 Å². The summed E-state index contributed by atoms with van der Waals surface area (Å²) in [5.41, 5.74) is -0.292. The van der Waals surface area contributed by atoms with Crippen LogP contribution in [0.25, 0.3) is 0 Å². The van der Waals surface area contributed by atoms with E-state index < -0.39 is 59.5 Å². The molecular weight excluding hydrogens is 426 g/mol. The van der Waals surface area contributed by atoms with Crippen molar-refractivity contribution in [3.63, 3.8) is 0 Å². The Kier molecular flexibility index (Phi) is 8.94. The van der Waals surface area contributed by atoms with Gasteiger partial charge in [-0.15, -0.1) is 0 Å². The first-order valence-electron chi connectivity index (χ1n) is 11.2. The standard InChI is InChI=1S/C25H35NO7/c1-14-6-9-18(28)10-8-15(2)12-21(26-23(31)17(4)27)25(5)22(30)16(3)20(33-24(25)32)13-19(29)11-7-14/h6-8,10-12,16-21,27-29H,9,13H2,1-5H3,(H,26,31)/b10-8-,11-7+,14-6-,15-12-/t16-,17+,18+,19-,20-,21-,25+/m1/s1. The van der Waals surface area contributed by atoms with Crippen LogP contribution in [0.3, 0.4) is 0 Å². The fourth-order valence-electron chi connectivity index (χ4n) is 3.88. The molecule has 4 N–H and O–H groups in total. The topological polar surface area (TPSA) is 133 Å². The van der Waals surface area contributed by atoms with Gasteiger partial charge in [0.05, 0.1) is 24.2 Å². The largest absolute Gasteiger partial charge is 0.461 e. The van der Waals surface area contributed by atoms with Gasteiger partial charge in [-0.3, -0.25) is 14.4 Å². The Morgan fingerprint density at radius 2 is 1.76 bits per heavy atom. The lowest BCUT2D eigenvalue weighted by Gasteiger charge is -2.42. The number of aliphatic hydroxyl groups is 3. The number of ether oxygens (including phenoxy) is 1. The molecule has 0 saturated carbocycles. The third-order valence-corrected chi connectivity index (χ3v) is 6.21. The van der Waals surface area contributed by atoms with Crippen molar-refractivity contribution in [3.8, 4) is 0 Å². The number of amides is 1. The van der Waals surface area contributed by atoms with Gasteiger partial charge in [-0.2, -0.15) is 0 Å². The lowest BCUT2D eigenvalue weighted by Crippen LogP contribution is -2.61. The first kappa shape index (κ1) is 26.7. The highest BCUT2D eigenvalue weighted by molar-refractivity contribution is 6.08. The molecule has 0 radical (unpaired) electrons. The highest BCUT2D eigenvalue weighted by Crippen LogP contribution is 2.38. The number of rotatable bonds is 2. The van der Waals surface area contributed by atoms with Crippen molar-refractivity contribution >= 4 is 17.7 Å². The monoisotopic (exact) mass is 461 g/mol. The number of Topliss-reactive ketones (excluding diaryl/α,β-unsaturated/α-hetero) is 1. The molecule has 3 rings (SSSR count). The Bertz CT molecular complexity index is 885. The molecule has 3 aliphatic rings. The van der Waals surface area contributed by atoms with E-state index in [2.05, 4.69) is 5.32 Å². The fourth-order valence-corrected chi connectivity index (χ4v) is 3.88. The Hall–Kier alpha value is -2.55. The number of fused-ring (bicyclic) bond motifs is 10. The highest BCUT2D eigenvalue weighted by atomic mass is 16.5. The van der Waals surface area contributed by atoms with Crippen LogP contribution >= 0.6 is 0 Å². The van der Waals surface area contributed by atoms with Gasteiger partial charge in [0.2, 0.25) is 5.91 Å². The van der Waals surface area contributed by atoms with Crippen molar-refractivity contribution in [3.05, 3.63) is 47.6 Å². The molecule has 0 spiro atoms. The Balaban J connectivity index is 2.56. The molecule has 8 heteroatoms. The SMILES string of the molecule is CC1=C/[C@@H](NC(=O)[C@H](C)O)[C@]2(C)C(=O)O[C@H](C[C@H](O)/C=C/C(C)=C\C[C@H](O)/C=C\1)[C@@H](C)C2=O. The fraction of sp³-hybridized carbons (Fsp3) is 0.560. The van der Waals surface area contributed by atoms with Crippen molar-refractivity contribution in [2.24, 2.45) is 11.3 Å². The van der Waals surface area contributed by atoms with Crippen LogP contribution in [-0.4, -0.2) is 63.4 Å². The lowest BCUT2D eigenvalue weighted by atomic mass is 9.69. The Morgan fingerprint density at radius 3 is 2.39 bits per heavy atom. The zero-order chi connectivity index (χ0) is 24.9. The number of allylic oxidation sites excluding steroid dienone is 4. The van der Waals surface area contributed by atoms with Crippen LogP contribution in [0.2, 0.25) is 0 Å². The number of hydrogen-bond acceptors (Lipinski definition) is 7. The van der Waals surface area contributed by atoms with Gasteiger partial charge in [0, 0.05) is 6.42 Å². The van der Waals surface area contributed by atoms with Gasteiger partial charge in [0.25, 0.3) is 0 Å². The third-order valence-electron chi connectivity index (χ3n) is 6.21. The molecular formula is C25H35NO7. The van der Waals surface area contributed by atoms with E-state index in [1.807, 2.05) is 13.0 Å². The van der Waals surface area contributed by atoms with E-state index in [0.717, 1.165) is 5.57 Å². The van der Waals surface area contributed by atoms with E-state index in [0.29, 0.717) is 12.0 Å². The zero-order valence-corrected chi connectivity index (χ0v) is 19.8. The van der Waals surface area contributed by atoms with Gasteiger partial charge >= 0.3 is 5.97 Å². The number of ketones is 1. The summed E-state index contributed by atoms with van der Waals surface area (Å²) in [6.45, 7) is 7.89. The van der Waals surface area contributed by atoms with Gasteiger partial charge in [0.15, 0.2) is 5.78 Å². The summed E-state index contributed by atoms with van der Waals surface area (Å²) in [5.74, 6) is -2.70. The molecule has 0 aromatic carbocycles. The molecule has 1 saturated heterocycles. The second-order valence-corrected chi connectivity index (χ2v) is 9.14. The van der Waals surface area contributed by atoms with Gasteiger partial charge in [-0.05, 0) is 34.1 Å². The van der Waals surface area contributed by atoms with E-state index in [-0.39, 0.29) is 6.42 Å². The van der Waals surface area contributed by atoms with Gasteiger partial charge in [-0.25, -0.2) is 0 Å². The smallest absolute Gasteiger partial charge is 0.322 e. The van der Waals surface area contributed by atoms with Gasteiger partial charge in [-0.1, -0.05) is 54.5 Å². The summed E-state index contributed by atoms with van der Waals surface area (Å²) in [7, 11) is 0. The predicted molar refractivity (Wildman–Crippen MR) is 123 cm³/mol. The van der Waals surface area contributed by atoms with E-state index >= 15 is 0 Å². The van der Waals surface area contributed by atoms with Crippen LogP contribution in [0, 0.1) is 11.3 Å². The van der Waals surface area contributed by atoms with Crippen LogP contribution in [0.15, 0.2) is 47.6 Å². The Labute approximate surface area is 194 Å². The van der Waals surface area contributed by atoms with Crippen molar-refractivity contribution < 1.29 is 34.4 Å². The summed E-state index contributed by atoms with van der Waals surface area (Å²) in [4.78, 5) is 38.9. The number of esters is 1. The molecule has 1 aliphatic carbocycles. The molecule has 1 amide bonds. The first-order valence-corrected chi connectivity index (χ1v) is 11.2. The van der Waals surface area contributed by atoms with E-state index in [1.165, 1.54) is 13.8 Å². The number of hydrogen-bond donors (Lipinski definition) is 4. The van der Waals surface area contributed by atoms with Crippen LogP contribution < -0.4 is 5.32 Å². The van der Waals surface area contributed by atoms with Crippen molar-refractivity contribution in [1.82, 2.24) is 5.32 Å². The predicted octanol–water partition coefficient (Wildman–Crippen LogP) is 1.51. The molecule has 8 nitrogen and oxygen atoms in total. The van der Waals surface area contributed by atoms with Crippen LogP contribution in [-0.2, 0) is 19.1 Å². The van der Waals surface area contributed by atoms with Crippen LogP contribution in [0.4, 0.5) is 0 Å². The number of aliphatic hydroxyl groups excluding tert-OH is 3. The summed E-state index contributed by atoms with van der Waals surface area (Å²) in [6, 6.07) is -1.09. The maximum Gasteiger partial charge on any atom is 0.322 e. The molecule has 0 aromatic rings.